The van der Waals surface area contributed by atoms with Gasteiger partial charge in [0.05, 0.1) is 12.1 Å². The molecule has 0 aliphatic carbocycles. The number of rotatable bonds is 7. The molecule has 4 heteroatoms. The van der Waals surface area contributed by atoms with Crippen molar-refractivity contribution in [3.05, 3.63) is 57.8 Å². The number of carbonyl (C=O) groups is 1. The molecule has 0 unspecified atom stereocenters. The molecule has 130 valence electrons. The van der Waals surface area contributed by atoms with Crippen LogP contribution in [0.2, 0.25) is 0 Å². The predicted octanol–water partition coefficient (Wildman–Crippen LogP) is 4.46. The van der Waals surface area contributed by atoms with Crippen LogP contribution < -0.4 is 10.6 Å². The van der Waals surface area contributed by atoms with Crippen molar-refractivity contribution in [1.82, 2.24) is 10.6 Å². The van der Waals surface area contributed by atoms with Gasteiger partial charge in [-0.05, 0) is 49.3 Å². The van der Waals surface area contributed by atoms with Crippen LogP contribution in [0.5, 0.6) is 0 Å². The van der Waals surface area contributed by atoms with Gasteiger partial charge in [0.25, 0.3) is 0 Å². The Labute approximate surface area is 149 Å². The molecule has 0 bridgehead atoms. The van der Waals surface area contributed by atoms with Crippen LogP contribution in [-0.2, 0) is 4.79 Å². The van der Waals surface area contributed by atoms with Crippen LogP contribution in [0.1, 0.15) is 62.6 Å². The molecule has 0 aliphatic rings. The summed E-state index contributed by atoms with van der Waals surface area (Å²) in [4.78, 5) is 13.5. The van der Waals surface area contributed by atoms with Crippen LogP contribution >= 0.6 is 11.3 Å². The molecule has 0 radical (unpaired) electrons. The first-order valence-electron chi connectivity index (χ1n) is 8.58. The van der Waals surface area contributed by atoms with Crippen molar-refractivity contribution in [2.24, 2.45) is 0 Å². The van der Waals surface area contributed by atoms with E-state index in [1.54, 1.807) is 11.3 Å². The van der Waals surface area contributed by atoms with Gasteiger partial charge in [-0.1, -0.05) is 44.2 Å². The molecule has 0 spiro atoms. The van der Waals surface area contributed by atoms with E-state index in [2.05, 4.69) is 66.3 Å². The molecule has 0 saturated carbocycles. The van der Waals surface area contributed by atoms with E-state index >= 15 is 0 Å². The minimum atomic E-state index is -0.260. The smallest absolute Gasteiger partial charge is 0.237 e. The SMILES string of the molecule is CC(C)NC(=O)[C@@H](C)N[C@@H](c1ccc(C(C)C)cc1)c1cccs1. The Bertz CT molecular complexity index is 632. The molecule has 2 atom stereocenters. The lowest BCUT2D eigenvalue weighted by Gasteiger charge is -2.24. The molecule has 1 aromatic carbocycles. The maximum absolute atomic E-state index is 12.3. The van der Waals surface area contributed by atoms with Crippen LogP contribution in [0.25, 0.3) is 0 Å². The van der Waals surface area contributed by atoms with Gasteiger partial charge in [-0.2, -0.15) is 0 Å². The molecular formula is C20H28N2OS. The summed E-state index contributed by atoms with van der Waals surface area (Å²) >= 11 is 1.71. The Hall–Kier alpha value is -1.65. The van der Waals surface area contributed by atoms with Crippen LogP contribution in [0.4, 0.5) is 0 Å². The molecule has 3 nitrogen and oxygen atoms in total. The molecule has 24 heavy (non-hydrogen) atoms. The first kappa shape index (κ1) is 18.7. The number of amides is 1. The number of hydrogen-bond acceptors (Lipinski definition) is 3. The topological polar surface area (TPSA) is 41.1 Å². The standard InChI is InChI=1S/C20H28N2OS/c1-13(2)16-8-10-17(11-9-16)19(18-7-6-12-24-18)22-15(5)20(23)21-14(3)4/h6-15,19,22H,1-5H3,(H,21,23)/t15-,19+/m1/s1. The molecule has 2 rings (SSSR count). The molecule has 1 amide bonds. The van der Waals surface area contributed by atoms with E-state index in [-0.39, 0.29) is 24.0 Å². The summed E-state index contributed by atoms with van der Waals surface area (Å²) in [6, 6.07) is 12.8. The van der Waals surface area contributed by atoms with Crippen molar-refractivity contribution >= 4 is 17.2 Å². The predicted molar refractivity (Wildman–Crippen MR) is 103 cm³/mol. The van der Waals surface area contributed by atoms with E-state index in [9.17, 15) is 4.79 Å². The third kappa shape index (κ3) is 4.92. The fraction of sp³-hybridized carbons (Fsp3) is 0.450. The molecule has 0 fully saturated rings. The molecule has 0 aliphatic heterocycles. The van der Waals surface area contributed by atoms with Crippen molar-refractivity contribution in [2.45, 2.75) is 58.7 Å². The first-order chi connectivity index (χ1) is 11.4. The summed E-state index contributed by atoms with van der Waals surface area (Å²) in [7, 11) is 0. The minimum absolute atomic E-state index is 0.0270. The second-order valence-corrected chi connectivity index (χ2v) is 7.80. The van der Waals surface area contributed by atoms with Crippen molar-refractivity contribution in [3.63, 3.8) is 0 Å². The Morgan fingerprint density at radius 1 is 0.958 bits per heavy atom. The monoisotopic (exact) mass is 344 g/mol. The summed E-state index contributed by atoms with van der Waals surface area (Å²) in [6.45, 7) is 10.3. The van der Waals surface area contributed by atoms with E-state index in [1.807, 2.05) is 20.8 Å². The van der Waals surface area contributed by atoms with Crippen molar-refractivity contribution in [3.8, 4) is 0 Å². The number of benzene rings is 1. The fourth-order valence-corrected chi connectivity index (χ4v) is 3.42. The van der Waals surface area contributed by atoms with Crippen LogP contribution in [-0.4, -0.2) is 18.0 Å². The maximum Gasteiger partial charge on any atom is 0.237 e. The maximum atomic E-state index is 12.3. The van der Waals surface area contributed by atoms with Crippen molar-refractivity contribution in [2.75, 3.05) is 0 Å². The highest BCUT2D eigenvalue weighted by Gasteiger charge is 2.21. The van der Waals surface area contributed by atoms with Gasteiger partial charge in [-0.25, -0.2) is 0 Å². The Balaban J connectivity index is 2.21. The van der Waals surface area contributed by atoms with E-state index in [0.29, 0.717) is 5.92 Å². The highest BCUT2D eigenvalue weighted by atomic mass is 32.1. The van der Waals surface area contributed by atoms with Crippen LogP contribution in [0.15, 0.2) is 41.8 Å². The summed E-state index contributed by atoms with van der Waals surface area (Å²) in [6.07, 6.45) is 0. The fourth-order valence-electron chi connectivity index (χ4n) is 2.61. The summed E-state index contributed by atoms with van der Waals surface area (Å²) in [5, 5.41) is 8.53. The first-order valence-corrected chi connectivity index (χ1v) is 9.46. The lowest BCUT2D eigenvalue weighted by Crippen LogP contribution is -2.45. The van der Waals surface area contributed by atoms with Crippen LogP contribution in [0.3, 0.4) is 0 Å². The molecule has 0 saturated heterocycles. The zero-order valence-corrected chi connectivity index (χ0v) is 16.0. The summed E-state index contributed by atoms with van der Waals surface area (Å²) in [5.41, 5.74) is 2.51. The molecule has 1 aromatic heterocycles. The average molecular weight is 345 g/mol. The van der Waals surface area contributed by atoms with Gasteiger partial charge in [0.2, 0.25) is 5.91 Å². The summed E-state index contributed by atoms with van der Waals surface area (Å²) < 4.78 is 0. The summed E-state index contributed by atoms with van der Waals surface area (Å²) in [5.74, 6) is 0.549. The van der Waals surface area contributed by atoms with Gasteiger partial charge in [0, 0.05) is 10.9 Å². The largest absolute Gasteiger partial charge is 0.353 e. The number of nitrogens with one attached hydrogen (secondary N) is 2. The molecule has 1 heterocycles. The van der Waals surface area contributed by atoms with E-state index in [0.717, 1.165) is 0 Å². The molecule has 2 aromatic rings. The molecule has 2 N–H and O–H groups in total. The number of carbonyl (C=O) groups excluding carboxylic acids is 1. The van der Waals surface area contributed by atoms with Gasteiger partial charge in [0.1, 0.15) is 0 Å². The highest BCUT2D eigenvalue weighted by Crippen LogP contribution is 2.28. The normalized spacial score (nSPS) is 14.0. The third-order valence-electron chi connectivity index (χ3n) is 4.01. The third-order valence-corrected chi connectivity index (χ3v) is 4.94. The van der Waals surface area contributed by atoms with Gasteiger partial charge < -0.3 is 5.32 Å². The van der Waals surface area contributed by atoms with Crippen LogP contribution in [0, 0.1) is 0 Å². The zero-order valence-electron chi connectivity index (χ0n) is 15.2. The highest BCUT2D eigenvalue weighted by molar-refractivity contribution is 7.10. The Kier molecular flexibility index (Phi) is 6.58. The molecular weight excluding hydrogens is 316 g/mol. The minimum Gasteiger partial charge on any atom is -0.353 e. The van der Waals surface area contributed by atoms with E-state index < -0.39 is 0 Å². The number of thiophene rings is 1. The van der Waals surface area contributed by atoms with E-state index in [1.165, 1.54) is 16.0 Å². The number of hydrogen-bond donors (Lipinski definition) is 2. The van der Waals surface area contributed by atoms with Gasteiger partial charge in [-0.15, -0.1) is 11.3 Å². The average Bonchev–Trinajstić information content (AvgIpc) is 3.06. The van der Waals surface area contributed by atoms with Gasteiger partial charge in [0.15, 0.2) is 0 Å². The van der Waals surface area contributed by atoms with Crippen molar-refractivity contribution in [1.29, 1.82) is 0 Å². The lowest BCUT2D eigenvalue weighted by molar-refractivity contribution is -0.123. The lowest BCUT2D eigenvalue weighted by atomic mass is 9.98. The Morgan fingerprint density at radius 2 is 1.58 bits per heavy atom. The van der Waals surface area contributed by atoms with Gasteiger partial charge in [-0.3, -0.25) is 10.1 Å². The zero-order chi connectivity index (χ0) is 17.7. The second kappa shape index (κ2) is 8.45. The quantitative estimate of drug-likeness (QED) is 0.778. The van der Waals surface area contributed by atoms with Gasteiger partial charge >= 0.3 is 0 Å². The van der Waals surface area contributed by atoms with Crippen molar-refractivity contribution < 1.29 is 4.79 Å². The Morgan fingerprint density at radius 3 is 2.08 bits per heavy atom. The second-order valence-electron chi connectivity index (χ2n) is 6.82. The van der Waals surface area contributed by atoms with E-state index in [4.69, 9.17) is 0 Å².